The summed E-state index contributed by atoms with van der Waals surface area (Å²) < 4.78 is 4.86. The zero-order chi connectivity index (χ0) is 22.6. The number of ether oxygens (including phenoxy) is 1. The average Bonchev–Trinajstić information content (AvgIpc) is 3.06. The van der Waals surface area contributed by atoms with Crippen molar-refractivity contribution in [1.82, 2.24) is 9.80 Å². The topological polar surface area (TPSA) is 75.9 Å². The number of halogens is 1. The predicted octanol–water partition coefficient (Wildman–Crippen LogP) is 4.25. The second-order valence-corrected chi connectivity index (χ2v) is 9.15. The fourth-order valence-corrected chi connectivity index (χ4v) is 4.96. The minimum Gasteiger partial charge on any atom is -0.411 e. The highest BCUT2D eigenvalue weighted by atomic mass is 35.5. The molecule has 0 aromatic heterocycles. The van der Waals surface area contributed by atoms with Gasteiger partial charge in [-0.1, -0.05) is 35.9 Å². The second-order valence-electron chi connectivity index (χ2n) is 8.71. The number of piperidine rings is 1. The number of likely N-dealkylation sites (tertiary alicyclic amines) is 2. The van der Waals surface area contributed by atoms with E-state index in [2.05, 4.69) is 17.4 Å². The summed E-state index contributed by atoms with van der Waals surface area (Å²) in [6.45, 7) is 4.29. The van der Waals surface area contributed by atoms with Crippen molar-refractivity contribution in [2.24, 2.45) is 11.1 Å². The maximum absolute atomic E-state index is 13.2. The first-order chi connectivity index (χ1) is 15.4. The molecule has 6 nitrogen and oxygen atoms in total. The van der Waals surface area contributed by atoms with Crippen molar-refractivity contribution in [1.29, 1.82) is 0 Å². The summed E-state index contributed by atoms with van der Waals surface area (Å²) in [4.78, 5) is 28.5. The fourth-order valence-electron chi connectivity index (χ4n) is 4.76. The van der Waals surface area contributed by atoms with Crippen molar-refractivity contribution in [3.05, 3.63) is 71.1 Å². The molecule has 0 saturated carbocycles. The predicted molar refractivity (Wildman–Crippen MR) is 124 cm³/mol. The SMILES string of the molecule is NC(=O)Oc1ccc(CN2CCC3(CCN(CC[CH]c4cccc(Cl)c4)CC3)C2=O)cc1. The van der Waals surface area contributed by atoms with Crippen LogP contribution in [-0.4, -0.2) is 48.0 Å². The number of nitrogens with two attached hydrogens (primary N) is 1. The van der Waals surface area contributed by atoms with Gasteiger partial charge in [-0.15, -0.1) is 0 Å². The molecule has 32 heavy (non-hydrogen) atoms. The van der Waals surface area contributed by atoms with Crippen molar-refractivity contribution in [3.63, 3.8) is 0 Å². The molecule has 2 fully saturated rings. The first kappa shape index (κ1) is 22.6. The van der Waals surface area contributed by atoms with Gasteiger partial charge in [-0.3, -0.25) is 4.79 Å². The summed E-state index contributed by atoms with van der Waals surface area (Å²) >= 11 is 6.05. The summed E-state index contributed by atoms with van der Waals surface area (Å²) in [6, 6.07) is 15.1. The van der Waals surface area contributed by atoms with E-state index in [1.807, 2.05) is 35.2 Å². The molecule has 169 valence electrons. The summed E-state index contributed by atoms with van der Waals surface area (Å²) in [5.74, 6) is 0.686. The monoisotopic (exact) mass is 454 g/mol. The van der Waals surface area contributed by atoms with Gasteiger partial charge in [0.15, 0.2) is 0 Å². The van der Waals surface area contributed by atoms with E-state index >= 15 is 0 Å². The molecular formula is C25H29ClN3O3. The lowest BCUT2D eigenvalue weighted by atomic mass is 9.77. The lowest BCUT2D eigenvalue weighted by Crippen LogP contribution is -2.44. The number of hydrogen-bond donors (Lipinski definition) is 1. The number of hydrogen-bond acceptors (Lipinski definition) is 4. The van der Waals surface area contributed by atoms with Crippen molar-refractivity contribution in [3.8, 4) is 5.75 Å². The van der Waals surface area contributed by atoms with Gasteiger partial charge in [0, 0.05) is 18.1 Å². The van der Waals surface area contributed by atoms with Crippen LogP contribution in [0.25, 0.3) is 0 Å². The summed E-state index contributed by atoms with van der Waals surface area (Å²) in [7, 11) is 0. The Morgan fingerprint density at radius 3 is 2.50 bits per heavy atom. The third-order valence-electron chi connectivity index (χ3n) is 6.60. The number of carbonyl (C=O) groups excluding carboxylic acids is 2. The number of carbonyl (C=O) groups is 2. The van der Waals surface area contributed by atoms with Crippen LogP contribution in [0, 0.1) is 11.8 Å². The highest BCUT2D eigenvalue weighted by Gasteiger charge is 2.47. The van der Waals surface area contributed by atoms with E-state index in [9.17, 15) is 9.59 Å². The van der Waals surface area contributed by atoms with Crippen molar-refractivity contribution < 1.29 is 14.3 Å². The van der Waals surface area contributed by atoms with Crippen LogP contribution in [0.4, 0.5) is 4.79 Å². The Morgan fingerprint density at radius 2 is 1.81 bits per heavy atom. The van der Waals surface area contributed by atoms with Gasteiger partial charge in [-0.2, -0.15) is 0 Å². The number of rotatable bonds is 7. The molecule has 0 unspecified atom stereocenters. The van der Waals surface area contributed by atoms with Gasteiger partial charge >= 0.3 is 6.09 Å². The Bertz CT molecular complexity index is 955. The van der Waals surface area contributed by atoms with Crippen molar-refractivity contribution in [2.75, 3.05) is 26.2 Å². The number of primary amides is 1. The Balaban J connectivity index is 1.24. The van der Waals surface area contributed by atoms with E-state index in [1.54, 1.807) is 12.1 Å². The molecule has 2 aliphatic heterocycles. The minimum absolute atomic E-state index is 0.206. The third kappa shape index (κ3) is 5.43. The lowest BCUT2D eigenvalue weighted by molar-refractivity contribution is -0.138. The standard InChI is InChI=1S/C25H29ClN3O3/c26-21-5-1-3-19(17-21)4-2-13-28-14-10-25(11-15-28)12-16-29(23(25)30)18-20-6-8-22(9-7-20)32-24(27)31/h1,3-9,17H,2,10-16,18H2,(H2,27,31). The van der Waals surface area contributed by atoms with Crippen LogP contribution in [0.2, 0.25) is 5.02 Å². The zero-order valence-corrected chi connectivity index (χ0v) is 18.9. The van der Waals surface area contributed by atoms with Crippen molar-refractivity contribution >= 4 is 23.6 Å². The van der Waals surface area contributed by atoms with Gasteiger partial charge in [0.1, 0.15) is 5.75 Å². The van der Waals surface area contributed by atoms with Crippen LogP contribution in [0.1, 0.15) is 36.8 Å². The number of benzene rings is 2. The lowest BCUT2D eigenvalue weighted by Gasteiger charge is -2.38. The quantitative estimate of drug-likeness (QED) is 0.678. The smallest absolute Gasteiger partial charge is 0.409 e. The molecule has 2 N–H and O–H groups in total. The minimum atomic E-state index is -0.830. The molecule has 7 heteroatoms. The third-order valence-corrected chi connectivity index (χ3v) is 6.84. The number of amides is 2. The molecular weight excluding hydrogens is 426 g/mol. The fraction of sp³-hybridized carbons (Fsp3) is 0.400. The molecule has 0 bridgehead atoms. The maximum atomic E-state index is 13.2. The van der Waals surface area contributed by atoms with Gasteiger partial charge in [-0.05, 0) is 87.1 Å². The van der Waals surface area contributed by atoms with E-state index in [-0.39, 0.29) is 11.3 Å². The first-order valence-electron chi connectivity index (χ1n) is 11.1. The summed E-state index contributed by atoms with van der Waals surface area (Å²) in [5, 5.41) is 0.762. The summed E-state index contributed by atoms with van der Waals surface area (Å²) in [5.41, 5.74) is 7.00. The van der Waals surface area contributed by atoms with Gasteiger partial charge in [0.05, 0.1) is 5.41 Å². The summed E-state index contributed by atoms with van der Waals surface area (Å²) in [6.07, 6.45) is 5.14. The van der Waals surface area contributed by atoms with E-state index in [0.717, 1.165) is 68.0 Å². The zero-order valence-electron chi connectivity index (χ0n) is 18.1. The highest BCUT2D eigenvalue weighted by molar-refractivity contribution is 6.30. The normalized spacial score (nSPS) is 18.3. The van der Waals surface area contributed by atoms with E-state index in [4.69, 9.17) is 22.1 Å². The van der Waals surface area contributed by atoms with Gasteiger partial charge < -0.3 is 20.3 Å². The van der Waals surface area contributed by atoms with Gasteiger partial charge in [0.25, 0.3) is 0 Å². The molecule has 4 rings (SSSR count). The molecule has 2 aliphatic rings. The molecule has 2 heterocycles. The maximum Gasteiger partial charge on any atom is 0.409 e. The van der Waals surface area contributed by atoms with Crippen LogP contribution in [0.15, 0.2) is 48.5 Å². The molecule has 2 saturated heterocycles. The second kappa shape index (κ2) is 9.92. The Labute approximate surface area is 194 Å². The van der Waals surface area contributed by atoms with Gasteiger partial charge in [-0.25, -0.2) is 4.79 Å². The Kier molecular flexibility index (Phi) is 7.01. The number of nitrogens with zero attached hydrogens (tertiary/aromatic N) is 2. The first-order valence-corrected chi connectivity index (χ1v) is 11.5. The van der Waals surface area contributed by atoms with E-state index < -0.39 is 6.09 Å². The molecule has 0 atom stereocenters. The van der Waals surface area contributed by atoms with Crippen LogP contribution in [-0.2, 0) is 11.3 Å². The van der Waals surface area contributed by atoms with Crippen LogP contribution in [0.3, 0.4) is 0 Å². The van der Waals surface area contributed by atoms with Crippen molar-refractivity contribution in [2.45, 2.75) is 32.2 Å². The molecule has 2 aromatic rings. The molecule has 1 radical (unpaired) electrons. The van der Waals surface area contributed by atoms with Gasteiger partial charge in [0.2, 0.25) is 5.91 Å². The largest absolute Gasteiger partial charge is 0.411 e. The van der Waals surface area contributed by atoms with E-state index in [0.29, 0.717) is 12.3 Å². The molecule has 2 amide bonds. The van der Waals surface area contributed by atoms with E-state index in [1.165, 1.54) is 0 Å². The van der Waals surface area contributed by atoms with Crippen LogP contribution in [0.5, 0.6) is 5.75 Å². The molecule has 0 aliphatic carbocycles. The molecule has 1 spiro atoms. The average molecular weight is 455 g/mol. The van der Waals surface area contributed by atoms with Crippen LogP contribution < -0.4 is 10.5 Å². The molecule has 2 aromatic carbocycles. The highest BCUT2D eigenvalue weighted by Crippen LogP contribution is 2.42. The Morgan fingerprint density at radius 1 is 1.09 bits per heavy atom. The Hall–Kier alpha value is -2.57. The van der Waals surface area contributed by atoms with Crippen LogP contribution >= 0.6 is 11.6 Å².